The van der Waals surface area contributed by atoms with E-state index < -0.39 is 5.97 Å². The molecule has 0 aliphatic rings. The van der Waals surface area contributed by atoms with E-state index in [-0.39, 0.29) is 11.5 Å². The second kappa shape index (κ2) is 3.23. The van der Waals surface area contributed by atoms with Gasteiger partial charge in [-0.2, -0.15) is 0 Å². The lowest BCUT2D eigenvalue weighted by molar-refractivity contribution is 0.0685. The van der Waals surface area contributed by atoms with E-state index >= 15 is 0 Å². The maximum atomic E-state index is 10.8. The fourth-order valence-electron chi connectivity index (χ4n) is 1.47. The minimum atomic E-state index is -1.15. The first kappa shape index (κ1) is 9.45. The van der Waals surface area contributed by atoms with E-state index in [0.717, 1.165) is 11.4 Å². The zero-order valence-electron chi connectivity index (χ0n) is 8.26. The Morgan fingerprint density at radius 1 is 1.33 bits per heavy atom. The first-order valence-electron chi connectivity index (χ1n) is 4.32. The summed E-state index contributed by atoms with van der Waals surface area (Å²) in [7, 11) is 0. The molecule has 2 aromatic heterocycles. The van der Waals surface area contributed by atoms with Crippen LogP contribution in [-0.4, -0.2) is 26.0 Å². The maximum absolute atomic E-state index is 10.8. The van der Waals surface area contributed by atoms with Crippen molar-refractivity contribution in [1.82, 2.24) is 14.9 Å². The molecule has 0 spiro atoms. The first-order valence-corrected chi connectivity index (χ1v) is 4.32. The normalized spacial score (nSPS) is 10.5. The van der Waals surface area contributed by atoms with Crippen LogP contribution in [0, 0.1) is 13.8 Å². The Kier molecular flexibility index (Phi) is 2.03. The van der Waals surface area contributed by atoms with Crippen LogP contribution in [0.1, 0.15) is 21.9 Å². The minimum absolute atomic E-state index is 0.183. The van der Waals surface area contributed by atoms with E-state index in [1.807, 2.05) is 26.0 Å². The van der Waals surface area contributed by atoms with Gasteiger partial charge in [-0.15, -0.1) is 0 Å². The smallest absolute Gasteiger partial charge is 0.362 e. The van der Waals surface area contributed by atoms with E-state index in [9.17, 15) is 4.79 Å². The molecule has 2 rings (SSSR count). The Balaban J connectivity index is 2.64. The molecule has 2 aromatic rings. The number of nitrogens with zero attached hydrogens (tertiary/aromatic N) is 3. The summed E-state index contributed by atoms with van der Waals surface area (Å²) >= 11 is 0. The predicted octanol–water partition coefficient (Wildman–Crippen LogP) is 1.18. The third-order valence-corrected chi connectivity index (χ3v) is 2.16. The van der Waals surface area contributed by atoms with E-state index in [0.29, 0.717) is 0 Å². The highest BCUT2D eigenvalue weighted by Gasteiger charge is 2.20. The number of carbonyl (C=O) groups is 1. The van der Waals surface area contributed by atoms with Crippen LogP contribution in [0.4, 0.5) is 0 Å². The third kappa shape index (κ3) is 1.39. The molecule has 0 aliphatic carbocycles. The van der Waals surface area contributed by atoms with Gasteiger partial charge in [-0.05, 0) is 36.3 Å². The monoisotopic (exact) mass is 207 g/mol. The number of rotatable bonds is 2. The summed E-state index contributed by atoms with van der Waals surface area (Å²) in [5.41, 5.74) is 1.58. The van der Waals surface area contributed by atoms with Gasteiger partial charge >= 0.3 is 5.97 Å². The first-order chi connectivity index (χ1) is 7.11. The van der Waals surface area contributed by atoms with Gasteiger partial charge in [-0.1, -0.05) is 0 Å². The zero-order chi connectivity index (χ0) is 11.0. The van der Waals surface area contributed by atoms with Crippen molar-refractivity contribution in [2.45, 2.75) is 13.8 Å². The molecule has 1 N–H and O–H groups in total. The molecular weight excluding hydrogens is 198 g/mol. The topological polar surface area (TPSA) is 81.2 Å². The molecular formula is C9H9N3O3. The highest BCUT2D eigenvalue weighted by molar-refractivity contribution is 5.88. The molecule has 0 unspecified atom stereocenters. The van der Waals surface area contributed by atoms with E-state index in [1.54, 1.807) is 4.57 Å². The van der Waals surface area contributed by atoms with Crippen LogP contribution in [-0.2, 0) is 0 Å². The summed E-state index contributed by atoms with van der Waals surface area (Å²) < 4.78 is 6.12. The van der Waals surface area contributed by atoms with Gasteiger partial charge in [0.05, 0.1) is 0 Å². The minimum Gasteiger partial charge on any atom is -0.476 e. The summed E-state index contributed by atoms with van der Waals surface area (Å²) in [5.74, 6) is -0.943. The number of hydrogen-bond donors (Lipinski definition) is 1. The SMILES string of the molecule is Cc1ccc(C)n1-c1nonc1C(=O)O. The molecule has 6 heteroatoms. The van der Waals surface area contributed by atoms with Crippen molar-refractivity contribution in [3.63, 3.8) is 0 Å². The Morgan fingerprint density at radius 3 is 2.47 bits per heavy atom. The Labute approximate surface area is 85.1 Å². The number of carboxylic acids is 1. The zero-order valence-corrected chi connectivity index (χ0v) is 8.26. The number of carboxylic acid groups (broad SMARTS) is 1. The second-order valence-electron chi connectivity index (χ2n) is 3.19. The van der Waals surface area contributed by atoms with Gasteiger partial charge < -0.3 is 5.11 Å². The van der Waals surface area contributed by atoms with Gasteiger partial charge in [0, 0.05) is 11.4 Å². The van der Waals surface area contributed by atoms with Crippen LogP contribution in [0.3, 0.4) is 0 Å². The van der Waals surface area contributed by atoms with Crippen molar-refractivity contribution < 1.29 is 14.5 Å². The molecule has 0 aromatic carbocycles. The molecule has 6 nitrogen and oxygen atoms in total. The average molecular weight is 207 g/mol. The third-order valence-electron chi connectivity index (χ3n) is 2.16. The molecule has 0 saturated heterocycles. The second-order valence-corrected chi connectivity index (χ2v) is 3.19. The molecule has 15 heavy (non-hydrogen) atoms. The van der Waals surface area contributed by atoms with Gasteiger partial charge in [0.1, 0.15) is 0 Å². The highest BCUT2D eigenvalue weighted by atomic mass is 16.6. The fraction of sp³-hybridized carbons (Fsp3) is 0.222. The summed E-state index contributed by atoms with van der Waals surface area (Å²) in [6.07, 6.45) is 0. The number of hydrogen-bond acceptors (Lipinski definition) is 4. The van der Waals surface area contributed by atoms with Crippen LogP contribution in [0.15, 0.2) is 16.8 Å². The van der Waals surface area contributed by atoms with Crippen molar-refractivity contribution >= 4 is 5.97 Å². The number of aromatic nitrogens is 3. The van der Waals surface area contributed by atoms with Gasteiger partial charge in [-0.25, -0.2) is 9.42 Å². The highest BCUT2D eigenvalue weighted by Crippen LogP contribution is 2.16. The van der Waals surface area contributed by atoms with Crippen LogP contribution >= 0.6 is 0 Å². The summed E-state index contributed by atoms with van der Waals surface area (Å²) in [6.45, 7) is 3.71. The largest absolute Gasteiger partial charge is 0.476 e. The molecule has 0 fully saturated rings. The van der Waals surface area contributed by atoms with E-state index in [1.165, 1.54) is 0 Å². The summed E-state index contributed by atoms with van der Waals surface area (Å²) in [5, 5.41) is 15.8. The Bertz CT molecular complexity index is 493. The van der Waals surface area contributed by atoms with Crippen LogP contribution in [0.25, 0.3) is 5.82 Å². The lowest BCUT2D eigenvalue weighted by Gasteiger charge is -2.03. The summed E-state index contributed by atoms with van der Waals surface area (Å²) in [4.78, 5) is 10.8. The van der Waals surface area contributed by atoms with E-state index in [4.69, 9.17) is 5.11 Å². The standard InChI is InChI=1S/C9H9N3O3/c1-5-3-4-6(2)12(5)8-7(9(13)14)10-15-11-8/h3-4H,1-2H3,(H,13,14). The van der Waals surface area contributed by atoms with Gasteiger partial charge in [-0.3, -0.25) is 4.57 Å². The van der Waals surface area contributed by atoms with Crippen molar-refractivity contribution in [3.05, 3.63) is 29.2 Å². The van der Waals surface area contributed by atoms with Crippen LogP contribution in [0.2, 0.25) is 0 Å². The van der Waals surface area contributed by atoms with Crippen molar-refractivity contribution in [2.24, 2.45) is 0 Å². The lowest BCUT2D eigenvalue weighted by atomic mass is 10.4. The Hall–Kier alpha value is -2.11. The lowest BCUT2D eigenvalue weighted by Crippen LogP contribution is -2.07. The fourth-order valence-corrected chi connectivity index (χ4v) is 1.47. The van der Waals surface area contributed by atoms with Gasteiger partial charge in [0.25, 0.3) is 0 Å². The van der Waals surface area contributed by atoms with Gasteiger partial charge in [0.2, 0.25) is 11.5 Å². The number of aromatic carboxylic acids is 1. The number of aryl methyl sites for hydroxylation is 2. The molecule has 0 saturated carbocycles. The maximum Gasteiger partial charge on any atom is 0.362 e. The van der Waals surface area contributed by atoms with Crippen molar-refractivity contribution in [2.75, 3.05) is 0 Å². The molecule has 2 heterocycles. The van der Waals surface area contributed by atoms with Gasteiger partial charge in [0.15, 0.2) is 0 Å². The summed E-state index contributed by atoms with van der Waals surface area (Å²) in [6, 6.07) is 3.74. The van der Waals surface area contributed by atoms with Crippen molar-refractivity contribution in [1.29, 1.82) is 0 Å². The Morgan fingerprint density at radius 2 is 1.93 bits per heavy atom. The predicted molar refractivity (Wildman–Crippen MR) is 50.1 cm³/mol. The molecule has 0 aliphatic heterocycles. The van der Waals surface area contributed by atoms with Crippen molar-refractivity contribution in [3.8, 4) is 5.82 Å². The molecule has 0 atom stereocenters. The molecule has 0 amide bonds. The van der Waals surface area contributed by atoms with Crippen LogP contribution < -0.4 is 0 Å². The quantitative estimate of drug-likeness (QED) is 0.799. The van der Waals surface area contributed by atoms with Crippen LogP contribution in [0.5, 0.6) is 0 Å². The molecule has 0 bridgehead atoms. The average Bonchev–Trinajstić information content (AvgIpc) is 2.73. The molecule has 78 valence electrons. The molecule has 0 radical (unpaired) electrons. The van der Waals surface area contributed by atoms with E-state index in [2.05, 4.69) is 14.9 Å².